The molecule has 0 amide bonds. The van der Waals surface area contributed by atoms with E-state index in [2.05, 4.69) is 19.1 Å². The van der Waals surface area contributed by atoms with E-state index in [1.54, 1.807) is 0 Å². The molecule has 0 aliphatic heterocycles. The summed E-state index contributed by atoms with van der Waals surface area (Å²) in [4.78, 5) is 0. The Labute approximate surface area is 85.7 Å². The Morgan fingerprint density at radius 3 is 2.43 bits per heavy atom. The first kappa shape index (κ1) is 10.5. The third kappa shape index (κ3) is 2.47. The van der Waals surface area contributed by atoms with Crippen molar-refractivity contribution in [2.45, 2.75) is 19.8 Å². The van der Waals surface area contributed by atoms with Gasteiger partial charge in [0.1, 0.15) is 0 Å². The van der Waals surface area contributed by atoms with Gasteiger partial charge in [0.15, 0.2) is 0 Å². The summed E-state index contributed by atoms with van der Waals surface area (Å²) in [6, 6.07) is 12.3. The Kier molecular flexibility index (Phi) is 3.94. The summed E-state index contributed by atoms with van der Waals surface area (Å²) in [5, 5.41) is 9.09. The lowest BCUT2D eigenvalue weighted by molar-refractivity contribution is 0.651. The summed E-state index contributed by atoms with van der Waals surface area (Å²) in [6.45, 7) is 4.05. The average molecular weight is 185 g/mol. The number of hydrogen-bond acceptors (Lipinski definition) is 1. The normalized spacial score (nSPS) is 14.9. The first-order valence-electron chi connectivity index (χ1n) is 4.87. The second kappa shape index (κ2) is 5.24. The van der Waals surface area contributed by atoms with Gasteiger partial charge >= 0.3 is 0 Å². The van der Waals surface area contributed by atoms with Gasteiger partial charge in [0, 0.05) is 0 Å². The second-order valence-corrected chi connectivity index (χ2v) is 3.40. The second-order valence-electron chi connectivity index (χ2n) is 3.40. The summed E-state index contributed by atoms with van der Waals surface area (Å²) < 4.78 is 0. The minimum absolute atomic E-state index is 0.0348. The van der Waals surface area contributed by atoms with Crippen LogP contribution in [-0.2, 0) is 0 Å². The van der Waals surface area contributed by atoms with Gasteiger partial charge in [0.05, 0.1) is 12.0 Å². The van der Waals surface area contributed by atoms with Crippen LogP contribution in [-0.4, -0.2) is 0 Å². The lowest BCUT2D eigenvalue weighted by Gasteiger charge is -2.13. The highest BCUT2D eigenvalue weighted by atomic mass is 14.3. The lowest BCUT2D eigenvalue weighted by Crippen LogP contribution is -2.04. The molecule has 1 aromatic carbocycles. The third-order valence-electron chi connectivity index (χ3n) is 2.32. The Bertz CT molecular complexity index is 332. The van der Waals surface area contributed by atoms with Gasteiger partial charge in [-0.15, -0.1) is 0 Å². The molecule has 0 spiro atoms. The smallest absolute Gasteiger partial charge is 0.0772 e. The maximum absolute atomic E-state index is 9.09. The van der Waals surface area contributed by atoms with Crippen LogP contribution in [0.2, 0.25) is 0 Å². The van der Waals surface area contributed by atoms with E-state index in [-0.39, 0.29) is 11.8 Å². The summed E-state index contributed by atoms with van der Waals surface area (Å²) in [5.41, 5.74) is 1.10. The summed E-state index contributed by atoms with van der Waals surface area (Å²) in [5.74, 6) is 0.236. The van der Waals surface area contributed by atoms with Gasteiger partial charge in [0.25, 0.3) is 0 Å². The SMILES string of the molecule is CC=CC(C)C(C#N)c1ccccc1. The van der Waals surface area contributed by atoms with Crippen LogP contribution in [0.4, 0.5) is 0 Å². The Morgan fingerprint density at radius 1 is 1.29 bits per heavy atom. The molecule has 2 atom stereocenters. The van der Waals surface area contributed by atoms with Gasteiger partial charge in [0.2, 0.25) is 0 Å². The predicted octanol–water partition coefficient (Wildman–Crippen LogP) is 3.51. The molecular weight excluding hydrogens is 170 g/mol. The molecule has 0 aliphatic carbocycles. The summed E-state index contributed by atoms with van der Waals surface area (Å²) in [7, 11) is 0. The Hall–Kier alpha value is -1.55. The van der Waals surface area contributed by atoms with Gasteiger partial charge < -0.3 is 0 Å². The molecule has 0 radical (unpaired) electrons. The zero-order valence-corrected chi connectivity index (χ0v) is 8.64. The molecule has 1 aromatic rings. The van der Waals surface area contributed by atoms with Crippen LogP contribution < -0.4 is 0 Å². The van der Waals surface area contributed by atoms with Crippen molar-refractivity contribution in [1.29, 1.82) is 5.26 Å². The van der Waals surface area contributed by atoms with E-state index in [4.69, 9.17) is 5.26 Å². The number of nitrogens with zero attached hydrogens (tertiary/aromatic N) is 1. The molecule has 0 bridgehead atoms. The Morgan fingerprint density at radius 2 is 1.93 bits per heavy atom. The van der Waals surface area contributed by atoms with Crippen molar-refractivity contribution in [3.63, 3.8) is 0 Å². The molecule has 1 rings (SSSR count). The molecule has 0 saturated heterocycles. The van der Waals surface area contributed by atoms with E-state index in [0.717, 1.165) is 5.56 Å². The standard InChI is InChI=1S/C13H15N/c1-3-7-11(2)13(10-14)12-8-5-4-6-9-12/h3-9,11,13H,1-2H3. The predicted molar refractivity (Wildman–Crippen MR) is 58.8 cm³/mol. The molecule has 72 valence electrons. The number of benzene rings is 1. The largest absolute Gasteiger partial charge is 0.198 e. The van der Waals surface area contributed by atoms with Crippen molar-refractivity contribution in [3.8, 4) is 6.07 Å². The molecule has 0 fully saturated rings. The maximum Gasteiger partial charge on any atom is 0.0772 e. The van der Waals surface area contributed by atoms with Crippen LogP contribution >= 0.6 is 0 Å². The van der Waals surface area contributed by atoms with Crippen molar-refractivity contribution >= 4 is 0 Å². The number of rotatable bonds is 3. The van der Waals surface area contributed by atoms with E-state index >= 15 is 0 Å². The van der Waals surface area contributed by atoms with Crippen LogP contribution in [0.15, 0.2) is 42.5 Å². The highest BCUT2D eigenvalue weighted by molar-refractivity contribution is 5.26. The molecule has 0 saturated carbocycles. The van der Waals surface area contributed by atoms with Crippen molar-refractivity contribution in [3.05, 3.63) is 48.0 Å². The fourth-order valence-electron chi connectivity index (χ4n) is 1.57. The van der Waals surface area contributed by atoms with Gasteiger partial charge in [-0.05, 0) is 18.4 Å². The topological polar surface area (TPSA) is 23.8 Å². The number of nitriles is 1. The Balaban J connectivity index is 2.89. The first-order valence-corrected chi connectivity index (χ1v) is 4.87. The van der Waals surface area contributed by atoms with Gasteiger partial charge in [-0.3, -0.25) is 0 Å². The van der Waals surface area contributed by atoms with Crippen molar-refractivity contribution in [1.82, 2.24) is 0 Å². The van der Waals surface area contributed by atoms with Crippen LogP contribution in [0.5, 0.6) is 0 Å². The lowest BCUT2D eigenvalue weighted by atomic mass is 9.88. The van der Waals surface area contributed by atoms with Crippen molar-refractivity contribution in [2.75, 3.05) is 0 Å². The molecule has 1 nitrogen and oxygen atoms in total. The zero-order chi connectivity index (χ0) is 10.4. The highest BCUT2D eigenvalue weighted by Crippen LogP contribution is 2.24. The molecular formula is C13H15N. The van der Waals surface area contributed by atoms with E-state index in [9.17, 15) is 0 Å². The van der Waals surface area contributed by atoms with Crippen LogP contribution in [0.25, 0.3) is 0 Å². The monoisotopic (exact) mass is 185 g/mol. The first-order chi connectivity index (χ1) is 6.79. The highest BCUT2D eigenvalue weighted by Gasteiger charge is 2.15. The molecule has 0 aliphatic rings. The minimum atomic E-state index is -0.0348. The van der Waals surface area contributed by atoms with E-state index in [1.807, 2.05) is 43.3 Å². The zero-order valence-electron chi connectivity index (χ0n) is 8.64. The molecule has 1 heteroatoms. The van der Waals surface area contributed by atoms with Crippen LogP contribution in [0.1, 0.15) is 25.3 Å². The van der Waals surface area contributed by atoms with E-state index in [0.29, 0.717) is 0 Å². The maximum atomic E-state index is 9.09. The van der Waals surface area contributed by atoms with Gasteiger partial charge in [-0.25, -0.2) is 0 Å². The van der Waals surface area contributed by atoms with E-state index < -0.39 is 0 Å². The molecule has 14 heavy (non-hydrogen) atoms. The molecule has 0 aromatic heterocycles. The van der Waals surface area contributed by atoms with Crippen LogP contribution in [0.3, 0.4) is 0 Å². The molecule has 0 N–H and O–H groups in total. The minimum Gasteiger partial charge on any atom is -0.198 e. The van der Waals surface area contributed by atoms with E-state index in [1.165, 1.54) is 0 Å². The van der Waals surface area contributed by atoms with Gasteiger partial charge in [-0.1, -0.05) is 49.4 Å². The quantitative estimate of drug-likeness (QED) is 0.661. The molecule has 2 unspecified atom stereocenters. The average Bonchev–Trinajstić information content (AvgIpc) is 2.21. The summed E-state index contributed by atoms with van der Waals surface area (Å²) >= 11 is 0. The van der Waals surface area contributed by atoms with Gasteiger partial charge in [-0.2, -0.15) is 5.26 Å². The summed E-state index contributed by atoms with van der Waals surface area (Å²) in [6.07, 6.45) is 4.07. The number of allylic oxidation sites excluding steroid dienone is 2. The third-order valence-corrected chi connectivity index (χ3v) is 2.32. The fraction of sp³-hybridized carbons (Fsp3) is 0.308. The fourth-order valence-corrected chi connectivity index (χ4v) is 1.57. The van der Waals surface area contributed by atoms with Crippen molar-refractivity contribution < 1.29 is 0 Å². The van der Waals surface area contributed by atoms with Crippen molar-refractivity contribution in [2.24, 2.45) is 5.92 Å². The van der Waals surface area contributed by atoms with Crippen LogP contribution in [0, 0.1) is 17.2 Å². The number of hydrogen-bond donors (Lipinski definition) is 0. The molecule has 0 heterocycles.